The average molecular weight is 956 g/mol. The van der Waals surface area contributed by atoms with Gasteiger partial charge in [-0.05, 0) is 63.8 Å². The Hall–Kier alpha value is -2.04. The fourth-order valence-electron chi connectivity index (χ4n) is 9.88. The zero-order chi connectivity index (χ0) is 37.8. The Labute approximate surface area is 360 Å². The standard InChI is InChI=1S/C44H64N4O5.Ac/c1-7-8-9-10-11-12-13-14-15-16-17-18-19-20-27(2)44(51)46-25-36-38-32(40(49)30(5)42-43(38)53-26-52-42)23-34-39-37-31(21-28(3)29(4)41(37)50)22-33(47(39)6)35(24-45)48(34)36;/h21,27,33-36,39,49-50H,7-20,22-23,25-26H2,1-6H3,(H,46,51);/t27?,33-,34?,35-,36-,39-;/m0./s1. The second-order valence-electron chi connectivity index (χ2n) is 16.5. The minimum absolute atomic E-state index is 0. The van der Waals surface area contributed by atoms with Gasteiger partial charge < -0.3 is 25.0 Å². The molecule has 6 rings (SSSR count). The minimum atomic E-state index is -0.488. The number of benzene rings is 2. The minimum Gasteiger partial charge on any atom is -0.507 e. The van der Waals surface area contributed by atoms with Crippen molar-refractivity contribution >= 4 is 5.91 Å². The van der Waals surface area contributed by atoms with Crippen LogP contribution in [0.1, 0.15) is 155 Å². The second-order valence-corrected chi connectivity index (χ2v) is 16.5. The van der Waals surface area contributed by atoms with Crippen molar-refractivity contribution in [2.75, 3.05) is 20.4 Å². The normalized spacial score (nSPS) is 23.1. The summed E-state index contributed by atoms with van der Waals surface area (Å²) in [4.78, 5) is 18.2. The van der Waals surface area contributed by atoms with E-state index >= 15 is 0 Å². The number of aryl methyl sites for hydroxylation is 1. The molecule has 10 heteroatoms. The topological polar surface area (TPSA) is 118 Å². The van der Waals surface area contributed by atoms with Gasteiger partial charge in [0.1, 0.15) is 17.5 Å². The third-order valence-electron chi connectivity index (χ3n) is 13.1. The average Bonchev–Trinajstić information content (AvgIpc) is 3.64. The van der Waals surface area contributed by atoms with Crippen LogP contribution in [0.5, 0.6) is 23.0 Å². The van der Waals surface area contributed by atoms with Crippen LogP contribution in [0.25, 0.3) is 0 Å². The van der Waals surface area contributed by atoms with Gasteiger partial charge in [0, 0.05) is 90.9 Å². The van der Waals surface area contributed by atoms with Crippen molar-refractivity contribution in [2.45, 2.75) is 168 Å². The molecule has 54 heavy (non-hydrogen) atoms. The number of carbonyl (C=O) groups excluding carboxylic acids is 1. The molecule has 0 saturated carbocycles. The number of nitrogens with zero attached hydrogens (tertiary/aromatic N) is 3. The number of nitrogens with one attached hydrogen (secondary N) is 1. The number of carbonyl (C=O) groups is 1. The van der Waals surface area contributed by atoms with Gasteiger partial charge in [-0.1, -0.05) is 103 Å². The predicted octanol–water partition coefficient (Wildman–Crippen LogP) is 8.76. The first kappa shape index (κ1) is 43.1. The number of unbranched alkanes of at least 4 members (excludes halogenated alkanes) is 12. The van der Waals surface area contributed by atoms with Gasteiger partial charge in [0.2, 0.25) is 12.7 Å². The molecular formula is C44H64AcN4O5. The number of nitriles is 1. The number of piperazine rings is 1. The van der Waals surface area contributed by atoms with E-state index in [0.717, 1.165) is 52.6 Å². The van der Waals surface area contributed by atoms with Gasteiger partial charge in [-0.2, -0.15) is 5.26 Å². The van der Waals surface area contributed by atoms with Crippen molar-refractivity contribution in [3.63, 3.8) is 0 Å². The molecule has 0 aromatic heterocycles. The molecular weight excluding hydrogens is 892 g/mol. The second kappa shape index (κ2) is 19.4. The van der Waals surface area contributed by atoms with Crippen molar-refractivity contribution in [3.05, 3.63) is 45.0 Å². The third kappa shape index (κ3) is 8.61. The molecule has 4 aliphatic heterocycles. The molecule has 4 aliphatic rings. The van der Waals surface area contributed by atoms with Crippen LogP contribution in [0.4, 0.5) is 0 Å². The molecule has 4 heterocycles. The molecule has 9 nitrogen and oxygen atoms in total. The molecule has 0 spiro atoms. The maximum atomic E-state index is 13.7. The molecule has 2 aromatic carbocycles. The van der Waals surface area contributed by atoms with Crippen LogP contribution in [-0.2, 0) is 17.6 Å². The van der Waals surface area contributed by atoms with Crippen LogP contribution in [0.2, 0.25) is 0 Å². The van der Waals surface area contributed by atoms with Crippen molar-refractivity contribution in [1.82, 2.24) is 15.1 Å². The molecule has 2 bridgehead atoms. The first-order valence-corrected chi connectivity index (χ1v) is 20.7. The van der Waals surface area contributed by atoms with Crippen LogP contribution in [0, 0.1) is 82.1 Å². The van der Waals surface area contributed by atoms with Crippen LogP contribution in [0.3, 0.4) is 0 Å². The van der Waals surface area contributed by atoms with Gasteiger partial charge in [-0.15, -0.1) is 0 Å². The maximum absolute atomic E-state index is 13.7. The van der Waals surface area contributed by atoms with Crippen molar-refractivity contribution in [2.24, 2.45) is 5.92 Å². The quantitative estimate of drug-likeness (QED) is 0.135. The number of hydrogen-bond acceptors (Lipinski definition) is 8. The van der Waals surface area contributed by atoms with Crippen molar-refractivity contribution in [1.29, 1.82) is 5.26 Å². The van der Waals surface area contributed by atoms with Crippen molar-refractivity contribution in [3.8, 4) is 29.1 Å². The molecule has 1 radical (unpaired) electrons. The van der Waals surface area contributed by atoms with E-state index < -0.39 is 12.1 Å². The summed E-state index contributed by atoms with van der Waals surface area (Å²) in [6, 6.07) is 3.35. The Morgan fingerprint density at radius 3 is 2.13 bits per heavy atom. The Balaban J connectivity index is 0.00000561. The molecule has 6 atom stereocenters. The summed E-state index contributed by atoms with van der Waals surface area (Å²) in [7, 11) is 2.06. The Morgan fingerprint density at radius 2 is 1.50 bits per heavy atom. The van der Waals surface area contributed by atoms with E-state index in [9.17, 15) is 20.3 Å². The number of aromatic hydroxyl groups is 2. The number of likely N-dealkylation sites (N-methyl/N-ethyl adjacent to an activating group) is 1. The number of phenols is 2. The number of phenolic OH excluding ortho intramolecular Hbond substituents is 2. The molecule has 2 aromatic rings. The van der Waals surface area contributed by atoms with E-state index in [0.29, 0.717) is 35.7 Å². The summed E-state index contributed by atoms with van der Waals surface area (Å²) < 4.78 is 12.0. The van der Waals surface area contributed by atoms with Crippen molar-refractivity contribution < 1.29 is 68.5 Å². The summed E-state index contributed by atoms with van der Waals surface area (Å²) in [6.07, 6.45) is 18.8. The molecule has 1 fully saturated rings. The Bertz CT molecular complexity index is 1680. The summed E-state index contributed by atoms with van der Waals surface area (Å²) in [5.41, 5.74) is 6.10. The van der Waals surface area contributed by atoms with Gasteiger partial charge in [-0.25, -0.2) is 0 Å². The van der Waals surface area contributed by atoms with E-state index in [-0.39, 0.29) is 93.1 Å². The molecule has 1 saturated heterocycles. The van der Waals surface area contributed by atoms with Gasteiger partial charge in [0.15, 0.2) is 11.5 Å². The first-order chi connectivity index (χ1) is 25.6. The van der Waals surface area contributed by atoms with Gasteiger partial charge in [0.05, 0.1) is 18.2 Å². The smallest absolute Gasteiger partial charge is 0.231 e. The van der Waals surface area contributed by atoms with Gasteiger partial charge in [-0.3, -0.25) is 14.6 Å². The Morgan fingerprint density at radius 1 is 0.889 bits per heavy atom. The van der Waals surface area contributed by atoms with E-state index in [1.54, 1.807) is 0 Å². The molecule has 1 amide bonds. The summed E-state index contributed by atoms with van der Waals surface area (Å²) >= 11 is 0. The third-order valence-corrected chi connectivity index (χ3v) is 13.1. The summed E-state index contributed by atoms with van der Waals surface area (Å²) in [5, 5.41) is 37.5. The number of rotatable bonds is 17. The summed E-state index contributed by atoms with van der Waals surface area (Å²) in [6.45, 7) is 10.4. The largest absolute Gasteiger partial charge is 0.507 e. The SMILES string of the molecule is CCCCCCCCCCCCCCCC(C)C(=O)NC[C@H]1c2c(c(O)c(C)c3c2OCO3)CC2[C@H]3c4c(cc(C)c(C)c4O)C[C@@H]([C@H](C#N)N21)N3C.[Ac]. The van der Waals surface area contributed by atoms with E-state index in [1.165, 1.54) is 70.6 Å². The molecule has 0 aliphatic carbocycles. The molecule has 2 unspecified atom stereocenters. The number of fused-ring (bicyclic) bond motifs is 9. The zero-order valence-corrected chi connectivity index (χ0v) is 38.6. The number of ether oxygens (including phenoxy) is 2. The fraction of sp³-hybridized carbons (Fsp3) is 0.682. The Kier molecular flexibility index (Phi) is 15.5. The van der Waals surface area contributed by atoms with E-state index in [2.05, 4.69) is 41.2 Å². The van der Waals surface area contributed by atoms with Gasteiger partial charge in [0.25, 0.3) is 0 Å². The van der Waals surface area contributed by atoms with Crippen LogP contribution >= 0.6 is 0 Å². The molecule has 3 N–H and O–H groups in total. The van der Waals surface area contributed by atoms with E-state index in [4.69, 9.17) is 9.47 Å². The van der Waals surface area contributed by atoms with Crippen LogP contribution in [0.15, 0.2) is 6.07 Å². The van der Waals surface area contributed by atoms with E-state index in [1.807, 2.05) is 27.7 Å². The van der Waals surface area contributed by atoms with Gasteiger partial charge >= 0.3 is 0 Å². The zero-order valence-electron chi connectivity index (χ0n) is 33.8. The van der Waals surface area contributed by atoms with Crippen LogP contribution in [-0.4, -0.2) is 64.4 Å². The first-order valence-electron chi connectivity index (χ1n) is 20.7. The summed E-state index contributed by atoms with van der Waals surface area (Å²) in [5.74, 6) is 1.50. The fourth-order valence-corrected chi connectivity index (χ4v) is 9.88. The van der Waals surface area contributed by atoms with Crippen LogP contribution < -0.4 is 14.8 Å². The maximum Gasteiger partial charge on any atom is 0.231 e. The monoisotopic (exact) mass is 956 g/mol. The number of amides is 1. The predicted molar refractivity (Wildman–Crippen MR) is 209 cm³/mol. The number of hydrogen-bond donors (Lipinski definition) is 3. The molecule has 293 valence electrons.